The summed E-state index contributed by atoms with van der Waals surface area (Å²) in [6.07, 6.45) is 2.63. The van der Waals surface area contributed by atoms with E-state index in [1.54, 1.807) is 4.90 Å². The smallest absolute Gasteiger partial charge is 0.317 e. The van der Waals surface area contributed by atoms with Gasteiger partial charge in [-0.25, -0.2) is 4.79 Å². The largest absolute Gasteiger partial charge is 0.481 e. The molecular weight excluding hydrogens is 260 g/mol. The molecule has 0 aromatic carbocycles. The first kappa shape index (κ1) is 16.8. The summed E-state index contributed by atoms with van der Waals surface area (Å²) < 4.78 is 0. The average Bonchev–Trinajstić information content (AvgIpc) is 2.38. The number of aliphatic hydroxyl groups is 1. The molecule has 0 aromatic rings. The van der Waals surface area contributed by atoms with Gasteiger partial charge in [0.1, 0.15) is 0 Å². The number of carboxylic acid groups (broad SMARTS) is 1. The van der Waals surface area contributed by atoms with E-state index < -0.39 is 5.97 Å². The summed E-state index contributed by atoms with van der Waals surface area (Å²) in [6, 6.07) is -0.536. The molecular formula is C14H26N2O4. The predicted molar refractivity (Wildman–Crippen MR) is 75.4 cm³/mol. The summed E-state index contributed by atoms with van der Waals surface area (Å²) in [4.78, 5) is 24.8. The number of carbonyl (C=O) groups excluding carboxylic acids is 1. The minimum absolute atomic E-state index is 0.0582. The van der Waals surface area contributed by atoms with Crippen molar-refractivity contribution >= 4 is 12.0 Å². The first-order chi connectivity index (χ1) is 9.43. The van der Waals surface area contributed by atoms with Crippen molar-refractivity contribution in [1.82, 2.24) is 10.2 Å². The van der Waals surface area contributed by atoms with Crippen LogP contribution in [-0.4, -0.2) is 52.9 Å². The van der Waals surface area contributed by atoms with Crippen LogP contribution < -0.4 is 5.32 Å². The Balaban J connectivity index is 2.52. The van der Waals surface area contributed by atoms with Gasteiger partial charge >= 0.3 is 12.0 Å². The number of nitrogens with zero attached hydrogens (tertiary/aromatic N) is 1. The van der Waals surface area contributed by atoms with E-state index in [4.69, 9.17) is 10.2 Å². The van der Waals surface area contributed by atoms with Gasteiger partial charge in [0.05, 0.1) is 6.42 Å². The van der Waals surface area contributed by atoms with Gasteiger partial charge in [-0.1, -0.05) is 13.8 Å². The van der Waals surface area contributed by atoms with Gasteiger partial charge in [-0.3, -0.25) is 4.79 Å². The minimum atomic E-state index is -0.902. The zero-order valence-electron chi connectivity index (χ0n) is 12.3. The van der Waals surface area contributed by atoms with Crippen molar-refractivity contribution in [3.8, 4) is 0 Å². The lowest BCUT2D eigenvalue weighted by molar-refractivity contribution is -0.137. The zero-order valence-corrected chi connectivity index (χ0v) is 12.3. The molecule has 0 spiro atoms. The van der Waals surface area contributed by atoms with Crippen LogP contribution in [0.2, 0.25) is 0 Å². The second-order valence-corrected chi connectivity index (χ2v) is 5.86. The van der Waals surface area contributed by atoms with Crippen LogP contribution in [0.3, 0.4) is 0 Å². The Hall–Kier alpha value is -1.30. The van der Waals surface area contributed by atoms with Crippen molar-refractivity contribution in [2.45, 2.75) is 45.6 Å². The standard InChI is InChI=1S/C14H26N2O4/c1-10(2)12(8-13(18)19)15-14(20)16-6-3-4-11(9-16)5-7-17/h10-12,17H,3-9H2,1-2H3,(H,15,20)(H,18,19). The number of amides is 2. The van der Waals surface area contributed by atoms with Crippen LogP contribution >= 0.6 is 0 Å². The van der Waals surface area contributed by atoms with E-state index in [0.717, 1.165) is 12.8 Å². The molecule has 0 saturated carbocycles. The maximum absolute atomic E-state index is 12.2. The van der Waals surface area contributed by atoms with Gasteiger partial charge in [0, 0.05) is 25.7 Å². The van der Waals surface area contributed by atoms with E-state index in [2.05, 4.69) is 5.32 Å². The highest BCUT2D eigenvalue weighted by atomic mass is 16.4. The predicted octanol–water partition coefficient (Wildman–Crippen LogP) is 1.29. The third-order valence-corrected chi connectivity index (χ3v) is 3.85. The van der Waals surface area contributed by atoms with Crippen LogP contribution in [0.25, 0.3) is 0 Å². The van der Waals surface area contributed by atoms with Crippen LogP contribution in [0.15, 0.2) is 0 Å². The SMILES string of the molecule is CC(C)C(CC(=O)O)NC(=O)N1CCCC(CCO)C1. The van der Waals surface area contributed by atoms with E-state index in [9.17, 15) is 9.59 Å². The number of carboxylic acids is 1. The molecule has 2 atom stereocenters. The molecule has 116 valence electrons. The number of urea groups is 1. The first-order valence-corrected chi connectivity index (χ1v) is 7.32. The van der Waals surface area contributed by atoms with Crippen molar-refractivity contribution in [3.63, 3.8) is 0 Å². The Bertz CT molecular complexity index is 331. The zero-order chi connectivity index (χ0) is 15.1. The molecule has 1 aliphatic heterocycles. The fourth-order valence-corrected chi connectivity index (χ4v) is 2.56. The van der Waals surface area contributed by atoms with Crippen LogP contribution in [0.1, 0.15) is 39.5 Å². The molecule has 1 rings (SSSR count). The lowest BCUT2D eigenvalue weighted by atomic mass is 9.95. The monoisotopic (exact) mass is 286 g/mol. The first-order valence-electron chi connectivity index (χ1n) is 7.32. The van der Waals surface area contributed by atoms with Gasteiger partial charge in [-0.2, -0.15) is 0 Å². The average molecular weight is 286 g/mol. The molecule has 3 N–H and O–H groups in total. The topological polar surface area (TPSA) is 89.9 Å². The van der Waals surface area contributed by atoms with Crippen LogP contribution in [0.5, 0.6) is 0 Å². The third kappa shape index (κ3) is 5.36. The number of carbonyl (C=O) groups is 2. The summed E-state index contributed by atoms with van der Waals surface area (Å²) in [6.45, 7) is 5.29. The Labute approximate surface area is 120 Å². The van der Waals surface area contributed by atoms with Gasteiger partial charge in [-0.05, 0) is 31.1 Å². The molecule has 1 fully saturated rings. The number of aliphatic hydroxyl groups excluding tert-OH is 1. The highest BCUT2D eigenvalue weighted by molar-refractivity contribution is 5.76. The fourth-order valence-electron chi connectivity index (χ4n) is 2.56. The molecule has 2 amide bonds. The number of rotatable bonds is 6. The Kier molecular flexibility index (Phi) is 6.78. The van der Waals surface area contributed by atoms with E-state index in [1.807, 2.05) is 13.8 Å². The molecule has 6 nitrogen and oxygen atoms in total. The molecule has 1 saturated heterocycles. The molecule has 20 heavy (non-hydrogen) atoms. The minimum Gasteiger partial charge on any atom is -0.481 e. The van der Waals surface area contributed by atoms with Crippen molar-refractivity contribution in [2.24, 2.45) is 11.8 Å². The molecule has 6 heteroatoms. The summed E-state index contributed by atoms with van der Waals surface area (Å²) in [7, 11) is 0. The summed E-state index contributed by atoms with van der Waals surface area (Å²) in [5, 5.41) is 20.7. The van der Waals surface area contributed by atoms with E-state index in [-0.39, 0.29) is 31.0 Å². The van der Waals surface area contributed by atoms with Crippen LogP contribution in [0.4, 0.5) is 4.79 Å². The van der Waals surface area contributed by atoms with Crippen LogP contribution in [0, 0.1) is 11.8 Å². The third-order valence-electron chi connectivity index (χ3n) is 3.85. The van der Waals surface area contributed by atoms with Gasteiger partial charge in [0.15, 0.2) is 0 Å². The Morgan fingerprint density at radius 1 is 1.40 bits per heavy atom. The van der Waals surface area contributed by atoms with E-state index in [1.165, 1.54) is 0 Å². The van der Waals surface area contributed by atoms with E-state index in [0.29, 0.717) is 25.4 Å². The van der Waals surface area contributed by atoms with Crippen molar-refractivity contribution in [1.29, 1.82) is 0 Å². The van der Waals surface area contributed by atoms with Crippen molar-refractivity contribution in [3.05, 3.63) is 0 Å². The maximum Gasteiger partial charge on any atom is 0.317 e. The Morgan fingerprint density at radius 3 is 2.65 bits per heavy atom. The lowest BCUT2D eigenvalue weighted by Gasteiger charge is -2.34. The molecule has 0 aromatic heterocycles. The van der Waals surface area contributed by atoms with E-state index >= 15 is 0 Å². The Morgan fingerprint density at radius 2 is 2.10 bits per heavy atom. The highest BCUT2D eigenvalue weighted by Crippen LogP contribution is 2.19. The highest BCUT2D eigenvalue weighted by Gasteiger charge is 2.26. The molecule has 0 aliphatic carbocycles. The summed E-state index contributed by atoms with van der Waals surface area (Å²) >= 11 is 0. The number of aliphatic carboxylic acids is 1. The summed E-state index contributed by atoms with van der Waals surface area (Å²) in [5.41, 5.74) is 0. The normalized spacial score (nSPS) is 20.8. The molecule has 1 heterocycles. The number of hydrogen-bond acceptors (Lipinski definition) is 3. The van der Waals surface area contributed by atoms with Crippen LogP contribution in [-0.2, 0) is 4.79 Å². The fraction of sp³-hybridized carbons (Fsp3) is 0.857. The van der Waals surface area contributed by atoms with Crippen molar-refractivity contribution in [2.75, 3.05) is 19.7 Å². The van der Waals surface area contributed by atoms with Gasteiger partial charge in [-0.15, -0.1) is 0 Å². The van der Waals surface area contributed by atoms with Gasteiger partial charge in [0.2, 0.25) is 0 Å². The number of nitrogens with one attached hydrogen (secondary N) is 1. The van der Waals surface area contributed by atoms with Gasteiger partial charge < -0.3 is 20.4 Å². The van der Waals surface area contributed by atoms with Crippen molar-refractivity contribution < 1.29 is 19.8 Å². The molecule has 2 unspecified atom stereocenters. The second kappa shape index (κ2) is 8.09. The second-order valence-electron chi connectivity index (χ2n) is 5.86. The number of likely N-dealkylation sites (tertiary alicyclic amines) is 1. The molecule has 0 radical (unpaired) electrons. The maximum atomic E-state index is 12.2. The quantitative estimate of drug-likeness (QED) is 0.686. The van der Waals surface area contributed by atoms with Gasteiger partial charge in [0.25, 0.3) is 0 Å². The molecule has 1 aliphatic rings. The summed E-state index contributed by atoms with van der Waals surface area (Å²) in [5.74, 6) is -0.481. The number of piperidine rings is 1. The molecule has 0 bridgehead atoms. The lowest BCUT2D eigenvalue weighted by Crippen LogP contribution is -2.50. The number of hydrogen-bond donors (Lipinski definition) is 3.